The second-order valence-electron chi connectivity index (χ2n) is 9.21. The van der Waals surface area contributed by atoms with Crippen molar-refractivity contribution in [3.63, 3.8) is 0 Å². The van der Waals surface area contributed by atoms with Crippen LogP contribution in [0.5, 0.6) is 0 Å². The van der Waals surface area contributed by atoms with Crippen LogP contribution in [0.25, 0.3) is 10.8 Å². The first-order valence-corrected chi connectivity index (χ1v) is 11.2. The average Bonchev–Trinajstić information content (AvgIpc) is 2.78. The molecule has 0 aliphatic carbocycles. The van der Waals surface area contributed by atoms with E-state index in [0.29, 0.717) is 29.4 Å². The number of hydrogen-bond acceptors (Lipinski definition) is 3. The zero-order chi connectivity index (χ0) is 22.9. The number of amides is 2. The molecule has 5 nitrogen and oxygen atoms in total. The Kier molecular flexibility index (Phi) is 6.11. The van der Waals surface area contributed by atoms with Crippen molar-refractivity contribution in [1.29, 1.82) is 0 Å². The highest BCUT2D eigenvalue weighted by Gasteiger charge is 2.30. The lowest BCUT2D eigenvalue weighted by Crippen LogP contribution is -2.51. The minimum atomic E-state index is -0.370. The maximum Gasteiger partial charge on any atom is 0.255 e. The summed E-state index contributed by atoms with van der Waals surface area (Å²) >= 11 is 6.57. The van der Waals surface area contributed by atoms with Gasteiger partial charge in [-0.15, -0.1) is 0 Å². The summed E-state index contributed by atoms with van der Waals surface area (Å²) in [6, 6.07) is 19.2. The number of nitrogens with one attached hydrogen (secondary N) is 1. The third-order valence-corrected chi connectivity index (χ3v) is 6.07. The highest BCUT2D eigenvalue weighted by molar-refractivity contribution is 6.33. The van der Waals surface area contributed by atoms with Crippen LogP contribution in [-0.2, 0) is 4.79 Å². The van der Waals surface area contributed by atoms with Crippen LogP contribution >= 0.6 is 11.6 Å². The van der Waals surface area contributed by atoms with Crippen molar-refractivity contribution in [1.82, 2.24) is 4.90 Å². The summed E-state index contributed by atoms with van der Waals surface area (Å²) in [5.74, 6) is 0.00359. The molecule has 1 fully saturated rings. The first-order chi connectivity index (χ1) is 15.2. The topological polar surface area (TPSA) is 52.7 Å². The standard InChI is InChI=1S/C26H28ClN3O2/c1-26(2,3)25(32)30-14-12-29(13-15-30)23-11-10-21(17-22(23)27)28-24(31)20-9-8-18-6-4-5-7-19(18)16-20/h4-11,16-17H,12-15H2,1-3H3,(H,28,31). The van der Waals surface area contributed by atoms with Gasteiger partial charge in [-0.05, 0) is 41.1 Å². The monoisotopic (exact) mass is 449 g/mol. The molecule has 32 heavy (non-hydrogen) atoms. The van der Waals surface area contributed by atoms with Crippen LogP contribution in [0.15, 0.2) is 60.7 Å². The summed E-state index contributed by atoms with van der Waals surface area (Å²) in [7, 11) is 0. The fourth-order valence-corrected chi connectivity index (χ4v) is 4.30. The van der Waals surface area contributed by atoms with Crippen LogP contribution in [0.2, 0.25) is 5.02 Å². The number of carbonyl (C=O) groups is 2. The van der Waals surface area contributed by atoms with Gasteiger partial charge in [-0.3, -0.25) is 9.59 Å². The summed E-state index contributed by atoms with van der Waals surface area (Å²) < 4.78 is 0. The van der Waals surface area contributed by atoms with Gasteiger partial charge in [-0.1, -0.05) is 62.7 Å². The lowest BCUT2D eigenvalue weighted by molar-refractivity contribution is -0.139. The molecule has 1 saturated heterocycles. The van der Waals surface area contributed by atoms with Gasteiger partial charge >= 0.3 is 0 Å². The molecule has 0 unspecified atom stereocenters. The Balaban J connectivity index is 1.42. The second-order valence-corrected chi connectivity index (χ2v) is 9.62. The molecule has 1 aliphatic heterocycles. The summed E-state index contributed by atoms with van der Waals surface area (Å²) in [5.41, 5.74) is 1.80. The maximum absolute atomic E-state index is 12.7. The van der Waals surface area contributed by atoms with Crippen molar-refractivity contribution in [2.45, 2.75) is 20.8 Å². The number of anilines is 2. The number of hydrogen-bond donors (Lipinski definition) is 1. The fraction of sp³-hybridized carbons (Fsp3) is 0.308. The number of piperazine rings is 1. The van der Waals surface area contributed by atoms with Gasteiger partial charge in [0, 0.05) is 42.8 Å². The number of nitrogens with zero attached hydrogens (tertiary/aromatic N) is 2. The van der Waals surface area contributed by atoms with Gasteiger partial charge < -0.3 is 15.1 Å². The van der Waals surface area contributed by atoms with E-state index >= 15 is 0 Å². The molecule has 1 N–H and O–H groups in total. The van der Waals surface area contributed by atoms with Crippen molar-refractivity contribution in [2.24, 2.45) is 5.41 Å². The van der Waals surface area contributed by atoms with E-state index in [1.807, 2.05) is 80.3 Å². The number of fused-ring (bicyclic) bond motifs is 1. The van der Waals surface area contributed by atoms with Crippen LogP contribution in [-0.4, -0.2) is 42.9 Å². The molecule has 3 aromatic rings. The molecule has 0 bridgehead atoms. The predicted molar refractivity (Wildman–Crippen MR) is 132 cm³/mol. The molecule has 4 rings (SSSR count). The minimum absolute atomic E-state index is 0.172. The van der Waals surface area contributed by atoms with Crippen molar-refractivity contribution in [2.75, 3.05) is 36.4 Å². The van der Waals surface area contributed by atoms with E-state index in [9.17, 15) is 9.59 Å². The number of carbonyl (C=O) groups excluding carboxylic acids is 2. The first-order valence-electron chi connectivity index (χ1n) is 10.9. The fourth-order valence-electron chi connectivity index (χ4n) is 4.00. The zero-order valence-corrected chi connectivity index (χ0v) is 19.4. The number of halogens is 1. The molecule has 166 valence electrons. The highest BCUT2D eigenvalue weighted by atomic mass is 35.5. The summed E-state index contributed by atoms with van der Waals surface area (Å²) in [6.07, 6.45) is 0. The van der Waals surface area contributed by atoms with Crippen molar-refractivity contribution < 1.29 is 9.59 Å². The van der Waals surface area contributed by atoms with Crippen LogP contribution in [0.1, 0.15) is 31.1 Å². The van der Waals surface area contributed by atoms with E-state index in [4.69, 9.17) is 11.6 Å². The van der Waals surface area contributed by atoms with Crippen LogP contribution in [0, 0.1) is 5.41 Å². The molecule has 0 atom stereocenters. The van der Waals surface area contributed by atoms with Crippen LogP contribution in [0.3, 0.4) is 0 Å². The Morgan fingerprint density at radius 1 is 0.875 bits per heavy atom. The lowest BCUT2D eigenvalue weighted by atomic mass is 9.94. The molecule has 3 aromatic carbocycles. The molecule has 0 saturated carbocycles. The molecule has 0 spiro atoms. The molecule has 1 aliphatic rings. The SMILES string of the molecule is CC(C)(C)C(=O)N1CCN(c2ccc(NC(=O)c3ccc4ccccc4c3)cc2Cl)CC1. The molecular weight excluding hydrogens is 422 g/mol. The van der Waals surface area contributed by atoms with Gasteiger partial charge in [0.25, 0.3) is 5.91 Å². The Morgan fingerprint density at radius 2 is 1.56 bits per heavy atom. The van der Waals surface area contributed by atoms with Gasteiger partial charge in [-0.2, -0.15) is 0 Å². The van der Waals surface area contributed by atoms with Crippen molar-refractivity contribution in [3.8, 4) is 0 Å². The van der Waals surface area contributed by atoms with Gasteiger partial charge in [-0.25, -0.2) is 0 Å². The Hall–Kier alpha value is -3.05. The number of benzene rings is 3. The molecule has 1 heterocycles. The Labute approximate surface area is 194 Å². The maximum atomic E-state index is 12.7. The van der Waals surface area contributed by atoms with Gasteiger partial charge in [0.15, 0.2) is 0 Å². The van der Waals surface area contributed by atoms with Gasteiger partial charge in [0.2, 0.25) is 5.91 Å². The third kappa shape index (κ3) is 4.73. The largest absolute Gasteiger partial charge is 0.367 e. The normalized spacial score (nSPS) is 14.5. The van der Waals surface area contributed by atoms with Gasteiger partial charge in [0.05, 0.1) is 10.7 Å². The highest BCUT2D eigenvalue weighted by Crippen LogP contribution is 2.30. The Bertz CT molecular complexity index is 1160. The second kappa shape index (κ2) is 8.83. The summed E-state index contributed by atoms with van der Waals surface area (Å²) in [5, 5.41) is 5.64. The van der Waals surface area contributed by atoms with E-state index in [-0.39, 0.29) is 17.2 Å². The first kappa shape index (κ1) is 22.2. The van der Waals surface area contributed by atoms with Crippen LogP contribution in [0.4, 0.5) is 11.4 Å². The van der Waals surface area contributed by atoms with E-state index in [2.05, 4.69) is 10.2 Å². The van der Waals surface area contributed by atoms with Gasteiger partial charge in [0.1, 0.15) is 0 Å². The average molecular weight is 450 g/mol. The van der Waals surface area contributed by atoms with E-state index < -0.39 is 0 Å². The lowest BCUT2D eigenvalue weighted by Gasteiger charge is -2.39. The minimum Gasteiger partial charge on any atom is -0.367 e. The number of rotatable bonds is 3. The van der Waals surface area contributed by atoms with E-state index in [0.717, 1.165) is 29.5 Å². The molecular formula is C26H28ClN3O2. The molecule has 6 heteroatoms. The quantitative estimate of drug-likeness (QED) is 0.579. The molecule has 0 aromatic heterocycles. The van der Waals surface area contributed by atoms with E-state index in [1.165, 1.54) is 0 Å². The predicted octanol–water partition coefficient (Wildman–Crippen LogP) is 5.44. The van der Waals surface area contributed by atoms with Crippen molar-refractivity contribution in [3.05, 3.63) is 71.2 Å². The Morgan fingerprint density at radius 3 is 2.22 bits per heavy atom. The van der Waals surface area contributed by atoms with Crippen LogP contribution < -0.4 is 10.2 Å². The third-order valence-electron chi connectivity index (χ3n) is 5.77. The smallest absolute Gasteiger partial charge is 0.255 e. The van der Waals surface area contributed by atoms with E-state index in [1.54, 1.807) is 6.07 Å². The summed E-state index contributed by atoms with van der Waals surface area (Å²) in [6.45, 7) is 8.64. The molecule has 2 amide bonds. The molecule has 0 radical (unpaired) electrons. The summed E-state index contributed by atoms with van der Waals surface area (Å²) in [4.78, 5) is 29.3. The van der Waals surface area contributed by atoms with Crippen molar-refractivity contribution >= 4 is 45.6 Å². The zero-order valence-electron chi connectivity index (χ0n) is 18.7.